The average molecular weight is 611 g/mol. The molecule has 46 heavy (non-hydrogen) atoms. The number of imidazole rings is 1. The molecule has 1 N–H and O–H groups in total. The minimum absolute atomic E-state index is 0.250. The van der Waals surface area contributed by atoms with Crippen LogP contribution in [0.5, 0.6) is 11.8 Å². The monoisotopic (exact) mass is 610 g/mol. The van der Waals surface area contributed by atoms with Crippen molar-refractivity contribution in [1.29, 1.82) is 0 Å². The number of fused-ring (bicyclic) bond motifs is 2. The predicted octanol–water partition coefficient (Wildman–Crippen LogP) is 6.74. The number of hydrogen-bond acceptors (Lipinski definition) is 5. The third kappa shape index (κ3) is 5.28. The summed E-state index contributed by atoms with van der Waals surface area (Å²) < 4.78 is 17.3. The van der Waals surface area contributed by atoms with Gasteiger partial charge >= 0.3 is 11.7 Å². The number of rotatable bonds is 9. The topological polar surface area (TPSA) is 101 Å². The molecule has 7 rings (SSSR count). The molecule has 0 saturated heterocycles. The van der Waals surface area contributed by atoms with Crippen LogP contribution in [0.2, 0.25) is 0 Å². The molecule has 0 spiro atoms. The van der Waals surface area contributed by atoms with Crippen molar-refractivity contribution >= 4 is 27.9 Å². The van der Waals surface area contributed by atoms with E-state index in [0.29, 0.717) is 29.1 Å². The summed E-state index contributed by atoms with van der Waals surface area (Å²) in [6.07, 6.45) is 1.62. The number of hydrogen-bond donors (Lipinski definition) is 1. The minimum Gasteiger partial charge on any atom is -0.478 e. The second-order valence-electron chi connectivity index (χ2n) is 11.1. The number of nitrogens with zero attached hydrogens (tertiary/aromatic N) is 4. The number of aryl methyl sites for hydroxylation is 2. The molecule has 0 aliphatic heterocycles. The molecule has 9 heteroatoms. The normalized spacial score (nSPS) is 11.3. The summed E-state index contributed by atoms with van der Waals surface area (Å²) >= 11 is 0. The maximum absolute atomic E-state index is 13.8. The molecular formula is C37H30N4O5. The number of carbonyl (C=O) groups is 1. The van der Waals surface area contributed by atoms with Crippen LogP contribution in [-0.2, 0) is 27.3 Å². The van der Waals surface area contributed by atoms with Gasteiger partial charge in [0.15, 0.2) is 0 Å². The first-order chi connectivity index (χ1) is 22.4. The fraction of sp³-hybridized carbons (Fsp3) is 0.108. The molecule has 0 aliphatic carbocycles. The standard InChI is InChI=1S/C37H30N4O5/c1-39-21-29(36(42)43)28-15-13-26(19-32(28)39)27-14-16-30-33(20-27)40(2)37(44)41(30)31-17-18-34(45-22-24-9-5-3-6-10-24)38-35(31)46-23-25-11-7-4-8-12-25/h3-21H,22-23H2,1-2H3,(H,42,43). The van der Waals surface area contributed by atoms with Gasteiger partial charge in [0.05, 0.1) is 16.6 Å². The Balaban J connectivity index is 1.28. The zero-order valence-electron chi connectivity index (χ0n) is 25.3. The lowest BCUT2D eigenvalue weighted by atomic mass is 10.0. The summed E-state index contributed by atoms with van der Waals surface area (Å²) in [5.74, 6) is -0.307. The summed E-state index contributed by atoms with van der Waals surface area (Å²) in [5.41, 5.74) is 6.49. The Morgan fingerprint density at radius 1 is 0.739 bits per heavy atom. The van der Waals surface area contributed by atoms with Crippen LogP contribution in [0.15, 0.2) is 120 Å². The van der Waals surface area contributed by atoms with Crippen molar-refractivity contribution in [2.75, 3.05) is 0 Å². The van der Waals surface area contributed by atoms with Gasteiger partial charge in [0, 0.05) is 37.3 Å². The van der Waals surface area contributed by atoms with E-state index >= 15 is 0 Å². The van der Waals surface area contributed by atoms with E-state index in [2.05, 4.69) is 0 Å². The molecule has 0 aliphatic rings. The van der Waals surface area contributed by atoms with E-state index in [9.17, 15) is 14.7 Å². The summed E-state index contributed by atoms with van der Waals surface area (Å²) in [5, 5.41) is 10.3. The lowest BCUT2D eigenvalue weighted by Crippen LogP contribution is -2.21. The zero-order valence-corrected chi connectivity index (χ0v) is 25.3. The summed E-state index contributed by atoms with van der Waals surface area (Å²) in [6, 6.07) is 34.7. The van der Waals surface area contributed by atoms with Gasteiger partial charge in [-0.3, -0.25) is 9.13 Å². The summed E-state index contributed by atoms with van der Waals surface area (Å²) in [6.45, 7) is 0.604. The van der Waals surface area contributed by atoms with E-state index in [1.807, 2.05) is 109 Å². The van der Waals surface area contributed by atoms with Crippen molar-refractivity contribution < 1.29 is 19.4 Å². The van der Waals surface area contributed by atoms with Crippen LogP contribution < -0.4 is 15.2 Å². The lowest BCUT2D eigenvalue weighted by Gasteiger charge is -2.14. The van der Waals surface area contributed by atoms with Gasteiger partial charge in [-0.2, -0.15) is 4.98 Å². The number of aromatic nitrogens is 4. The van der Waals surface area contributed by atoms with Crippen LogP contribution in [0.4, 0.5) is 0 Å². The summed E-state index contributed by atoms with van der Waals surface area (Å²) in [7, 11) is 3.56. The molecule has 3 aromatic heterocycles. The quantitative estimate of drug-likeness (QED) is 0.194. The molecule has 228 valence electrons. The van der Waals surface area contributed by atoms with Crippen molar-refractivity contribution in [1.82, 2.24) is 18.7 Å². The largest absolute Gasteiger partial charge is 0.478 e. The van der Waals surface area contributed by atoms with Gasteiger partial charge in [-0.25, -0.2) is 9.59 Å². The highest BCUT2D eigenvalue weighted by Crippen LogP contribution is 2.32. The van der Waals surface area contributed by atoms with E-state index in [1.165, 1.54) is 0 Å². The number of aromatic carboxylic acids is 1. The van der Waals surface area contributed by atoms with Crippen LogP contribution in [0, 0.1) is 0 Å². The Kier molecular flexibility index (Phi) is 7.34. The van der Waals surface area contributed by atoms with Crippen LogP contribution in [-0.4, -0.2) is 29.8 Å². The number of pyridine rings is 1. The molecule has 0 saturated carbocycles. The minimum atomic E-state index is -0.964. The fourth-order valence-electron chi connectivity index (χ4n) is 5.71. The number of ether oxygens (including phenoxy) is 2. The number of carboxylic acid groups (broad SMARTS) is 1. The second kappa shape index (κ2) is 11.8. The SMILES string of the molecule is Cn1cc(C(=O)O)c2ccc(-c3ccc4c(c3)n(C)c(=O)n4-c3ccc(OCc4ccccc4)nc3OCc3ccccc3)cc21. The molecule has 0 fully saturated rings. The number of benzene rings is 4. The number of carboxylic acids is 1. The highest BCUT2D eigenvalue weighted by molar-refractivity contribution is 6.04. The molecular weight excluding hydrogens is 580 g/mol. The van der Waals surface area contributed by atoms with E-state index in [0.717, 1.165) is 33.3 Å². The van der Waals surface area contributed by atoms with E-state index in [1.54, 1.807) is 34.5 Å². The van der Waals surface area contributed by atoms with Crippen LogP contribution >= 0.6 is 0 Å². The maximum Gasteiger partial charge on any atom is 0.337 e. The molecule has 0 atom stereocenters. The van der Waals surface area contributed by atoms with E-state index in [-0.39, 0.29) is 23.7 Å². The highest BCUT2D eigenvalue weighted by Gasteiger charge is 2.20. The molecule has 7 aromatic rings. The first-order valence-corrected chi connectivity index (χ1v) is 14.8. The molecule has 0 bridgehead atoms. The molecule has 9 nitrogen and oxygen atoms in total. The van der Waals surface area contributed by atoms with Crippen molar-refractivity contribution in [3.8, 4) is 28.6 Å². The van der Waals surface area contributed by atoms with Crippen molar-refractivity contribution in [2.24, 2.45) is 14.1 Å². The van der Waals surface area contributed by atoms with Gasteiger partial charge in [-0.1, -0.05) is 78.9 Å². The van der Waals surface area contributed by atoms with Crippen LogP contribution in [0.3, 0.4) is 0 Å². The van der Waals surface area contributed by atoms with Gasteiger partial charge in [-0.05, 0) is 46.5 Å². The molecule has 0 amide bonds. The Hall–Kier alpha value is -6.09. The lowest BCUT2D eigenvalue weighted by molar-refractivity contribution is 0.0698. The predicted molar refractivity (Wildman–Crippen MR) is 177 cm³/mol. The van der Waals surface area contributed by atoms with Gasteiger partial charge in [-0.15, -0.1) is 0 Å². The Labute approximate surface area is 264 Å². The zero-order chi connectivity index (χ0) is 31.8. The first kappa shape index (κ1) is 28.7. The second-order valence-corrected chi connectivity index (χ2v) is 11.1. The molecule has 4 aromatic carbocycles. The first-order valence-electron chi connectivity index (χ1n) is 14.8. The summed E-state index contributed by atoms with van der Waals surface area (Å²) in [4.78, 5) is 30.2. The van der Waals surface area contributed by atoms with Crippen molar-refractivity contribution in [2.45, 2.75) is 13.2 Å². The molecule has 3 heterocycles. The Bertz CT molecular complexity index is 2280. The van der Waals surface area contributed by atoms with Gasteiger partial charge in [0.1, 0.15) is 18.9 Å². The Morgan fingerprint density at radius 2 is 1.37 bits per heavy atom. The van der Waals surface area contributed by atoms with Crippen LogP contribution in [0.1, 0.15) is 21.5 Å². The Morgan fingerprint density at radius 3 is 2.04 bits per heavy atom. The molecule has 0 radical (unpaired) electrons. The van der Waals surface area contributed by atoms with Gasteiger partial charge < -0.3 is 19.1 Å². The third-order valence-electron chi connectivity index (χ3n) is 8.11. The maximum atomic E-state index is 13.8. The smallest absolute Gasteiger partial charge is 0.337 e. The van der Waals surface area contributed by atoms with E-state index in [4.69, 9.17) is 14.5 Å². The fourth-order valence-corrected chi connectivity index (χ4v) is 5.71. The third-order valence-corrected chi connectivity index (χ3v) is 8.11. The van der Waals surface area contributed by atoms with Crippen molar-refractivity contribution in [3.05, 3.63) is 143 Å². The van der Waals surface area contributed by atoms with Gasteiger partial charge in [0.2, 0.25) is 11.8 Å². The van der Waals surface area contributed by atoms with Crippen LogP contribution in [0.25, 0.3) is 38.8 Å². The average Bonchev–Trinajstić information content (AvgIpc) is 3.55. The molecule has 0 unspecified atom stereocenters. The van der Waals surface area contributed by atoms with Crippen molar-refractivity contribution in [3.63, 3.8) is 0 Å². The highest BCUT2D eigenvalue weighted by atomic mass is 16.5. The van der Waals surface area contributed by atoms with E-state index < -0.39 is 5.97 Å². The van der Waals surface area contributed by atoms with Gasteiger partial charge in [0.25, 0.3) is 0 Å².